The van der Waals surface area contributed by atoms with E-state index in [-0.39, 0.29) is 0 Å². The average molecular weight is 489 g/mol. The minimum absolute atomic E-state index is 0.352. The first kappa shape index (κ1) is 25.1. The van der Waals surface area contributed by atoms with E-state index in [9.17, 15) is 0 Å². The average Bonchev–Trinajstić information content (AvgIpc) is 2.86. The van der Waals surface area contributed by atoms with Gasteiger partial charge in [0.25, 0.3) is 0 Å². The normalized spacial score (nSPS) is 22.3. The molecule has 34 heavy (non-hydrogen) atoms. The lowest BCUT2D eigenvalue weighted by Gasteiger charge is -2.31. The molecular formula is C25H37ClN6O2. The van der Waals surface area contributed by atoms with Crippen molar-refractivity contribution >= 4 is 23.2 Å². The van der Waals surface area contributed by atoms with E-state index in [1.807, 2.05) is 12.1 Å². The fourth-order valence-electron chi connectivity index (χ4n) is 4.79. The van der Waals surface area contributed by atoms with Crippen LogP contribution < -0.4 is 16.0 Å². The van der Waals surface area contributed by atoms with Crippen molar-refractivity contribution < 1.29 is 9.47 Å². The van der Waals surface area contributed by atoms with E-state index in [1.165, 1.54) is 0 Å². The summed E-state index contributed by atoms with van der Waals surface area (Å²) in [6, 6.07) is 5.25. The van der Waals surface area contributed by atoms with Gasteiger partial charge in [0.15, 0.2) is 0 Å². The summed E-state index contributed by atoms with van der Waals surface area (Å²) in [4.78, 5) is 13.7. The summed E-state index contributed by atoms with van der Waals surface area (Å²) in [6.45, 7) is 5.54. The van der Waals surface area contributed by atoms with Gasteiger partial charge in [0, 0.05) is 56.9 Å². The van der Waals surface area contributed by atoms with E-state index >= 15 is 0 Å². The third-order valence-corrected chi connectivity index (χ3v) is 6.96. The number of nitrogens with zero attached hydrogens (tertiary/aromatic N) is 3. The van der Waals surface area contributed by atoms with Gasteiger partial charge in [-0.05, 0) is 63.5 Å². The Labute approximate surface area is 207 Å². The number of aromatic nitrogens is 3. The molecule has 0 unspecified atom stereocenters. The summed E-state index contributed by atoms with van der Waals surface area (Å²) in [6.07, 6.45) is 10.0. The van der Waals surface area contributed by atoms with Crippen molar-refractivity contribution in [2.75, 3.05) is 44.1 Å². The minimum Gasteiger partial charge on any atom is -0.385 e. The molecule has 0 aromatic carbocycles. The molecule has 3 heterocycles. The van der Waals surface area contributed by atoms with Crippen LogP contribution >= 0.6 is 11.6 Å². The molecule has 2 aliphatic rings. The molecule has 186 valence electrons. The maximum Gasteiger partial charge on any atom is 0.223 e. The predicted octanol–water partition coefficient (Wildman–Crippen LogP) is 4.38. The summed E-state index contributed by atoms with van der Waals surface area (Å²) in [5, 5.41) is 11.2. The van der Waals surface area contributed by atoms with Crippen molar-refractivity contribution in [1.82, 2.24) is 20.3 Å². The Morgan fingerprint density at radius 2 is 1.88 bits per heavy atom. The number of hydrogen-bond acceptors (Lipinski definition) is 8. The molecule has 1 aliphatic heterocycles. The third-order valence-electron chi connectivity index (χ3n) is 6.68. The highest BCUT2D eigenvalue weighted by atomic mass is 35.5. The largest absolute Gasteiger partial charge is 0.385 e. The van der Waals surface area contributed by atoms with Gasteiger partial charge in [-0.1, -0.05) is 11.6 Å². The molecule has 3 N–H and O–H groups in total. The van der Waals surface area contributed by atoms with Crippen molar-refractivity contribution in [2.24, 2.45) is 5.92 Å². The van der Waals surface area contributed by atoms with E-state index in [4.69, 9.17) is 26.1 Å². The number of hydrogen-bond donors (Lipinski definition) is 3. The first-order valence-corrected chi connectivity index (χ1v) is 12.8. The molecule has 1 aliphatic carbocycles. The Morgan fingerprint density at radius 3 is 2.65 bits per heavy atom. The molecule has 0 radical (unpaired) electrons. The molecule has 0 amide bonds. The number of nitrogens with one attached hydrogen (secondary N) is 3. The van der Waals surface area contributed by atoms with Gasteiger partial charge in [-0.25, -0.2) is 9.97 Å². The van der Waals surface area contributed by atoms with Crippen LogP contribution in [-0.4, -0.2) is 66.6 Å². The highest BCUT2D eigenvalue weighted by Crippen LogP contribution is 2.28. The van der Waals surface area contributed by atoms with Gasteiger partial charge in [-0.15, -0.1) is 0 Å². The summed E-state index contributed by atoms with van der Waals surface area (Å²) >= 11 is 6.47. The predicted molar refractivity (Wildman–Crippen MR) is 136 cm³/mol. The molecule has 1 saturated heterocycles. The zero-order valence-corrected chi connectivity index (χ0v) is 21.0. The first-order valence-electron chi connectivity index (χ1n) is 12.4. The molecule has 1 saturated carbocycles. The van der Waals surface area contributed by atoms with Gasteiger partial charge in [-0.2, -0.15) is 0 Å². The van der Waals surface area contributed by atoms with Gasteiger partial charge in [0.1, 0.15) is 5.69 Å². The molecule has 0 spiro atoms. The zero-order chi connectivity index (χ0) is 23.8. The molecule has 9 heteroatoms. The van der Waals surface area contributed by atoms with E-state index in [0.29, 0.717) is 40.7 Å². The topological polar surface area (TPSA) is 93.2 Å². The van der Waals surface area contributed by atoms with Crippen molar-refractivity contribution in [3.8, 4) is 11.4 Å². The summed E-state index contributed by atoms with van der Waals surface area (Å²) in [7, 11) is 1.75. The number of methoxy groups -OCH3 is 1. The van der Waals surface area contributed by atoms with Crippen LogP contribution in [0.4, 0.5) is 11.6 Å². The fraction of sp³-hybridized carbons (Fsp3) is 0.640. The number of anilines is 2. The lowest BCUT2D eigenvalue weighted by Crippen LogP contribution is -2.43. The second kappa shape index (κ2) is 12.6. The van der Waals surface area contributed by atoms with E-state index in [1.54, 1.807) is 19.5 Å². The van der Waals surface area contributed by atoms with Crippen LogP contribution in [-0.2, 0) is 9.47 Å². The lowest BCUT2D eigenvalue weighted by atomic mass is 9.91. The molecule has 8 nitrogen and oxygen atoms in total. The van der Waals surface area contributed by atoms with Gasteiger partial charge >= 0.3 is 0 Å². The van der Waals surface area contributed by atoms with Gasteiger partial charge in [0.05, 0.1) is 23.5 Å². The smallest absolute Gasteiger partial charge is 0.223 e. The van der Waals surface area contributed by atoms with Crippen LogP contribution in [0.2, 0.25) is 5.02 Å². The summed E-state index contributed by atoms with van der Waals surface area (Å²) in [5.74, 6) is 1.24. The number of pyridine rings is 1. The van der Waals surface area contributed by atoms with Crippen LogP contribution in [0.3, 0.4) is 0 Å². The Hall–Kier alpha value is -2.00. The van der Waals surface area contributed by atoms with Gasteiger partial charge in [-0.3, -0.25) is 4.98 Å². The second-order valence-corrected chi connectivity index (χ2v) is 9.88. The minimum atomic E-state index is 0.352. The number of rotatable bonds is 10. The van der Waals surface area contributed by atoms with Crippen LogP contribution in [0.15, 0.2) is 24.5 Å². The van der Waals surface area contributed by atoms with Crippen molar-refractivity contribution in [2.45, 2.75) is 63.6 Å². The first-order chi connectivity index (χ1) is 16.6. The van der Waals surface area contributed by atoms with Crippen LogP contribution in [0.25, 0.3) is 11.4 Å². The second-order valence-electron chi connectivity index (χ2n) is 9.47. The van der Waals surface area contributed by atoms with Gasteiger partial charge in [0.2, 0.25) is 5.95 Å². The zero-order valence-electron chi connectivity index (χ0n) is 20.2. The molecular weight excluding hydrogens is 452 g/mol. The quantitative estimate of drug-likeness (QED) is 0.453. The van der Waals surface area contributed by atoms with Crippen molar-refractivity contribution in [3.05, 3.63) is 29.5 Å². The van der Waals surface area contributed by atoms with Crippen LogP contribution in [0.1, 0.15) is 45.4 Å². The molecule has 1 atom stereocenters. The monoisotopic (exact) mass is 488 g/mol. The summed E-state index contributed by atoms with van der Waals surface area (Å²) < 4.78 is 10.7. The number of ether oxygens (including phenoxy) is 2. The Bertz CT molecular complexity index is 903. The molecule has 2 fully saturated rings. The Morgan fingerprint density at radius 1 is 1.12 bits per heavy atom. The van der Waals surface area contributed by atoms with E-state index in [2.05, 4.69) is 32.8 Å². The summed E-state index contributed by atoms with van der Waals surface area (Å²) in [5.41, 5.74) is 2.42. The van der Waals surface area contributed by atoms with Crippen molar-refractivity contribution in [3.63, 3.8) is 0 Å². The molecule has 0 bridgehead atoms. The fourth-order valence-corrected chi connectivity index (χ4v) is 4.97. The van der Waals surface area contributed by atoms with Crippen LogP contribution in [0, 0.1) is 5.92 Å². The molecule has 4 rings (SSSR count). The number of halogens is 1. The maximum atomic E-state index is 6.47. The van der Waals surface area contributed by atoms with Crippen molar-refractivity contribution in [1.29, 1.82) is 0 Å². The highest BCUT2D eigenvalue weighted by molar-refractivity contribution is 6.32. The van der Waals surface area contributed by atoms with E-state index < -0.39 is 0 Å². The Balaban J connectivity index is 1.34. The molecule has 2 aromatic heterocycles. The molecule has 2 aromatic rings. The lowest BCUT2D eigenvalue weighted by molar-refractivity contribution is 0.0699. The maximum absolute atomic E-state index is 6.47. The van der Waals surface area contributed by atoms with Crippen LogP contribution in [0.5, 0.6) is 0 Å². The van der Waals surface area contributed by atoms with E-state index in [0.717, 1.165) is 76.3 Å². The Kier molecular flexibility index (Phi) is 9.33. The van der Waals surface area contributed by atoms with Gasteiger partial charge < -0.3 is 25.4 Å². The standard InChI is InChI=1S/C25H37ClN6O2/c1-17(16-33-2)30-19-3-5-20(6-4-19)31-25-29-15-22(26)24(32-25)23-13-21(7-10-27-23)28-14-18-8-11-34-12-9-18/h7,10,13,15,17-20,30H,3-6,8-9,11-12,14,16H2,1-2H3,(H,27,28)(H,29,31,32)/t17-,19?,20?/m1/s1. The highest BCUT2D eigenvalue weighted by Gasteiger charge is 2.23. The third kappa shape index (κ3) is 7.25. The SMILES string of the molecule is COC[C@@H](C)NC1CCC(Nc2ncc(Cl)c(-c3cc(NCC4CCOCC4)ccn3)n2)CC1.